The Bertz CT molecular complexity index is 1430. The average molecular weight is 539 g/mol. The Hall–Kier alpha value is -3.76. The summed E-state index contributed by atoms with van der Waals surface area (Å²) in [6.45, 7) is 3.05. The molecule has 37 heavy (non-hydrogen) atoms. The summed E-state index contributed by atoms with van der Waals surface area (Å²) in [7, 11) is 4.62. The van der Waals surface area contributed by atoms with Gasteiger partial charge in [-0.15, -0.1) is 23.1 Å². The highest BCUT2D eigenvalue weighted by Gasteiger charge is 2.53. The van der Waals surface area contributed by atoms with Gasteiger partial charge >= 0.3 is 12.0 Å². The lowest BCUT2D eigenvalue weighted by Gasteiger charge is -2.49. The normalized spacial score (nSPS) is 16.0. The molecule has 0 aliphatic carbocycles. The van der Waals surface area contributed by atoms with Crippen molar-refractivity contribution in [1.29, 1.82) is 5.26 Å². The van der Waals surface area contributed by atoms with E-state index in [1.54, 1.807) is 18.0 Å². The third-order valence-corrected chi connectivity index (χ3v) is 9.56. The van der Waals surface area contributed by atoms with Crippen LogP contribution in [0.2, 0.25) is 0 Å². The number of anilines is 4. The van der Waals surface area contributed by atoms with E-state index in [1.807, 2.05) is 35.9 Å². The first-order valence-electron chi connectivity index (χ1n) is 11.4. The molecule has 11 nitrogen and oxygen atoms in total. The maximum absolute atomic E-state index is 13.1. The fraction of sp³-hybridized carbons (Fsp3) is 0.375. The number of thiophene rings is 1. The highest BCUT2D eigenvalue weighted by Crippen LogP contribution is 2.58. The molecule has 1 saturated heterocycles. The van der Waals surface area contributed by atoms with Crippen LogP contribution in [-0.2, 0) is 15.2 Å². The molecular formula is C24H26N8O3S2. The molecule has 1 unspecified atom stereocenters. The summed E-state index contributed by atoms with van der Waals surface area (Å²) in [6, 6.07) is 5.82. The summed E-state index contributed by atoms with van der Waals surface area (Å²) in [4.78, 5) is 31.4. The second-order valence-electron chi connectivity index (χ2n) is 8.88. The predicted octanol–water partition coefficient (Wildman–Crippen LogP) is 2.92. The van der Waals surface area contributed by atoms with Crippen LogP contribution in [0.3, 0.4) is 0 Å². The van der Waals surface area contributed by atoms with Gasteiger partial charge in [-0.05, 0) is 13.0 Å². The minimum absolute atomic E-state index is 0.120. The largest absolute Gasteiger partial charge is 0.467 e. The first-order valence-corrected chi connectivity index (χ1v) is 13.2. The molecule has 2 aliphatic heterocycles. The van der Waals surface area contributed by atoms with Crippen molar-refractivity contribution >= 4 is 51.5 Å². The summed E-state index contributed by atoms with van der Waals surface area (Å²) in [5.74, 6) is 1.39. The first-order chi connectivity index (χ1) is 17.7. The lowest BCUT2D eigenvalue weighted by molar-refractivity contribution is 0.0600. The fourth-order valence-electron chi connectivity index (χ4n) is 4.89. The van der Waals surface area contributed by atoms with Gasteiger partial charge in [-0.2, -0.15) is 15.2 Å². The topological polar surface area (TPSA) is 157 Å². The number of hydrogen-bond donors (Lipinski definition) is 2. The molecule has 1 fully saturated rings. The Kier molecular flexibility index (Phi) is 6.25. The Morgan fingerprint density at radius 2 is 2.08 bits per heavy atom. The van der Waals surface area contributed by atoms with Crippen molar-refractivity contribution in [1.82, 2.24) is 15.0 Å². The lowest BCUT2D eigenvalue weighted by Crippen LogP contribution is -2.57. The molecule has 0 radical (unpaired) electrons. The van der Waals surface area contributed by atoms with Gasteiger partial charge in [0.1, 0.15) is 22.5 Å². The number of nitrogens with zero attached hydrogens (tertiary/aromatic N) is 6. The second-order valence-corrected chi connectivity index (χ2v) is 11.4. The number of fused-ring (bicyclic) bond motifs is 2. The van der Waals surface area contributed by atoms with Crippen LogP contribution >= 0.6 is 23.1 Å². The van der Waals surface area contributed by atoms with Crippen LogP contribution in [-0.4, -0.2) is 55.3 Å². The number of pyridine rings is 1. The van der Waals surface area contributed by atoms with Crippen LogP contribution in [0.5, 0.6) is 6.01 Å². The Morgan fingerprint density at radius 1 is 1.32 bits per heavy atom. The van der Waals surface area contributed by atoms with Crippen molar-refractivity contribution < 1.29 is 14.3 Å². The van der Waals surface area contributed by atoms with Gasteiger partial charge in [0.2, 0.25) is 0 Å². The van der Waals surface area contributed by atoms with Crippen molar-refractivity contribution in [3.8, 4) is 12.1 Å². The van der Waals surface area contributed by atoms with E-state index in [1.165, 1.54) is 25.6 Å². The minimum atomic E-state index is -0.566. The van der Waals surface area contributed by atoms with Crippen LogP contribution in [0.25, 0.3) is 0 Å². The molecule has 2 aliphatic rings. The van der Waals surface area contributed by atoms with Crippen molar-refractivity contribution in [3.63, 3.8) is 0 Å². The number of rotatable bonds is 6. The van der Waals surface area contributed by atoms with E-state index >= 15 is 0 Å². The average Bonchev–Trinajstić information content (AvgIpc) is 3.41. The fourth-order valence-corrected chi connectivity index (χ4v) is 7.70. The molecule has 0 saturated carbocycles. The van der Waals surface area contributed by atoms with Crippen LogP contribution in [0.15, 0.2) is 18.3 Å². The van der Waals surface area contributed by atoms with E-state index < -0.39 is 5.97 Å². The number of nitrogens with two attached hydrogens (primary N) is 2. The molecule has 0 bridgehead atoms. The summed E-state index contributed by atoms with van der Waals surface area (Å²) in [6.07, 6.45) is 1.63. The van der Waals surface area contributed by atoms with E-state index in [0.717, 1.165) is 21.8 Å². The number of carbonyl (C=O) groups is 1. The zero-order valence-electron chi connectivity index (χ0n) is 20.8. The number of nitrogen functional groups attached to an aromatic ring is 2. The number of nitriles is 1. The molecule has 1 spiro atoms. The molecule has 3 aromatic rings. The Balaban J connectivity index is 1.56. The molecule has 5 heterocycles. The number of thioether (sulfide) groups is 1. The summed E-state index contributed by atoms with van der Waals surface area (Å²) >= 11 is 3.27. The molecule has 0 amide bonds. The molecule has 0 aromatic carbocycles. The molecule has 4 N–H and O–H groups in total. The highest BCUT2D eigenvalue weighted by atomic mass is 32.2. The van der Waals surface area contributed by atoms with E-state index in [0.29, 0.717) is 41.1 Å². The molecule has 192 valence electrons. The number of aromatic nitrogens is 3. The van der Waals surface area contributed by atoms with E-state index in [9.17, 15) is 10.1 Å². The first kappa shape index (κ1) is 24.9. The van der Waals surface area contributed by atoms with Gasteiger partial charge in [0.05, 0.1) is 30.6 Å². The van der Waals surface area contributed by atoms with Gasteiger partial charge in [0.25, 0.3) is 0 Å². The van der Waals surface area contributed by atoms with Gasteiger partial charge < -0.3 is 30.7 Å². The zero-order chi connectivity index (χ0) is 26.5. The highest BCUT2D eigenvalue weighted by molar-refractivity contribution is 8.00. The van der Waals surface area contributed by atoms with E-state index in [4.69, 9.17) is 20.9 Å². The molecule has 3 aromatic heterocycles. The number of hydrogen-bond acceptors (Lipinski definition) is 13. The van der Waals surface area contributed by atoms with E-state index in [2.05, 4.69) is 21.0 Å². The number of ether oxygens (including phenoxy) is 2. The van der Waals surface area contributed by atoms with Gasteiger partial charge in [-0.1, -0.05) is 6.07 Å². The lowest BCUT2D eigenvalue weighted by atomic mass is 9.88. The van der Waals surface area contributed by atoms with Crippen molar-refractivity contribution in [3.05, 3.63) is 45.5 Å². The van der Waals surface area contributed by atoms with Crippen LogP contribution in [0.4, 0.5) is 22.5 Å². The van der Waals surface area contributed by atoms with Gasteiger partial charge in [0, 0.05) is 48.1 Å². The van der Waals surface area contributed by atoms with Crippen LogP contribution < -0.4 is 26.0 Å². The van der Waals surface area contributed by atoms with Gasteiger partial charge in [0.15, 0.2) is 11.6 Å². The predicted molar refractivity (Wildman–Crippen MR) is 144 cm³/mol. The van der Waals surface area contributed by atoms with E-state index in [-0.39, 0.29) is 22.4 Å². The number of esters is 1. The van der Waals surface area contributed by atoms with Crippen molar-refractivity contribution in [2.75, 3.05) is 55.6 Å². The molecule has 5 rings (SSSR count). The molecular weight excluding hydrogens is 512 g/mol. The smallest absolute Gasteiger partial charge is 0.345 e. The number of methoxy groups -OCH3 is 2. The summed E-state index contributed by atoms with van der Waals surface area (Å²) in [5.41, 5.74) is 14.8. The maximum atomic E-state index is 13.1. The minimum Gasteiger partial charge on any atom is -0.467 e. The maximum Gasteiger partial charge on any atom is 0.345 e. The SMILES string of the molecule is COC(=O)c1c(N2CC3(C2)SCc2sc(N)c(C#N)c23)nc(OC)nc1N(C)C(C)c1cccnc1N. The summed E-state index contributed by atoms with van der Waals surface area (Å²) in [5, 5.41) is 10.3. The third-order valence-electron chi connectivity index (χ3n) is 6.91. The molecule has 1 atom stereocenters. The monoisotopic (exact) mass is 538 g/mol. The van der Waals surface area contributed by atoms with Crippen molar-refractivity contribution in [2.45, 2.75) is 23.5 Å². The third kappa shape index (κ3) is 3.87. The summed E-state index contributed by atoms with van der Waals surface area (Å²) < 4.78 is 10.3. The standard InChI is InChI=1S/C24H26N8O3S2/c1-12(13-6-5-7-28-18(13)26)31(2)20-16(22(33)34-3)21(30-23(29-20)35-4)32-10-24(11-32)17-14(8-25)19(27)37-15(17)9-36-24/h5-7,12H,9-11,27H2,1-4H3,(H2,26,28). The zero-order valence-corrected chi connectivity index (χ0v) is 22.4. The number of carbonyl (C=O) groups excluding carboxylic acids is 1. The van der Waals surface area contributed by atoms with Crippen LogP contribution in [0.1, 0.15) is 44.9 Å². The van der Waals surface area contributed by atoms with Crippen LogP contribution in [0, 0.1) is 11.3 Å². The Morgan fingerprint density at radius 3 is 2.73 bits per heavy atom. The van der Waals surface area contributed by atoms with Crippen molar-refractivity contribution in [2.24, 2.45) is 0 Å². The Labute approximate surface area is 222 Å². The second kappa shape index (κ2) is 9.28. The molecule has 13 heteroatoms. The van der Waals surface area contributed by atoms with Gasteiger partial charge in [-0.3, -0.25) is 0 Å². The quantitative estimate of drug-likeness (QED) is 0.443. The van der Waals surface area contributed by atoms with Gasteiger partial charge in [-0.25, -0.2) is 9.78 Å².